The molecular weight excluding hydrogens is 346 g/mol. The highest BCUT2D eigenvalue weighted by Gasteiger charge is 2.15. The maximum Gasteiger partial charge on any atom is 0.220 e. The number of pyridine rings is 1. The van der Waals surface area contributed by atoms with Gasteiger partial charge < -0.3 is 9.88 Å². The van der Waals surface area contributed by atoms with Crippen LogP contribution in [0.5, 0.6) is 0 Å². The molecule has 2 heterocycles. The minimum Gasteiger partial charge on any atom is -0.352 e. The number of aromatic nitrogens is 2. The molecule has 3 aromatic rings. The van der Waals surface area contributed by atoms with E-state index in [0.717, 1.165) is 31.4 Å². The minimum absolute atomic E-state index is 0.118. The van der Waals surface area contributed by atoms with E-state index in [1.54, 1.807) is 0 Å². The number of fused-ring (bicyclic) bond motifs is 1. The van der Waals surface area contributed by atoms with Gasteiger partial charge in [0.25, 0.3) is 0 Å². The largest absolute Gasteiger partial charge is 0.352 e. The third-order valence-corrected chi connectivity index (χ3v) is 5.33. The topological polar surface area (TPSA) is 46.9 Å². The van der Waals surface area contributed by atoms with Gasteiger partial charge in [0, 0.05) is 43.0 Å². The zero-order valence-electron chi connectivity index (χ0n) is 17.1. The number of carbonyl (C=O) groups excluding carboxylic acids is 1. The standard InChI is InChI=1S/C24H31N3O/c1-3-5-12-22-20(4-2)21-18-25-15-14-23(21)27(22)16-9-13-24(28)26-17-19-10-7-6-8-11-19/h6-8,10-11,14-15,18H,3-5,9,12-13,16-17H2,1-2H3,(H,26,28). The zero-order valence-corrected chi connectivity index (χ0v) is 17.1. The lowest BCUT2D eigenvalue weighted by atomic mass is 10.1. The fraction of sp³-hybridized carbons (Fsp3) is 0.417. The van der Waals surface area contributed by atoms with E-state index >= 15 is 0 Å². The van der Waals surface area contributed by atoms with Crippen LogP contribution in [0.3, 0.4) is 0 Å². The van der Waals surface area contributed by atoms with Crippen molar-refractivity contribution in [3.63, 3.8) is 0 Å². The normalized spacial score (nSPS) is 11.1. The van der Waals surface area contributed by atoms with Crippen LogP contribution in [0.25, 0.3) is 10.9 Å². The van der Waals surface area contributed by atoms with Crippen molar-refractivity contribution >= 4 is 16.8 Å². The summed E-state index contributed by atoms with van der Waals surface area (Å²) in [6.45, 7) is 5.92. The van der Waals surface area contributed by atoms with E-state index in [2.05, 4.69) is 34.8 Å². The van der Waals surface area contributed by atoms with E-state index in [9.17, 15) is 4.79 Å². The van der Waals surface area contributed by atoms with Gasteiger partial charge in [-0.25, -0.2) is 0 Å². The van der Waals surface area contributed by atoms with Crippen molar-refractivity contribution in [2.45, 2.75) is 65.5 Å². The Morgan fingerprint density at radius 1 is 1.11 bits per heavy atom. The lowest BCUT2D eigenvalue weighted by molar-refractivity contribution is -0.121. The molecule has 0 spiro atoms. The lowest BCUT2D eigenvalue weighted by Gasteiger charge is -2.12. The first kappa shape index (κ1) is 20.1. The molecule has 0 unspecified atom stereocenters. The summed E-state index contributed by atoms with van der Waals surface area (Å²) in [6, 6.07) is 12.2. The van der Waals surface area contributed by atoms with Gasteiger partial charge in [-0.1, -0.05) is 50.6 Å². The Hall–Kier alpha value is -2.62. The molecule has 0 fully saturated rings. The van der Waals surface area contributed by atoms with Gasteiger partial charge in [-0.05, 0) is 42.9 Å². The molecule has 2 aromatic heterocycles. The third kappa shape index (κ3) is 4.80. The molecule has 4 heteroatoms. The highest BCUT2D eigenvalue weighted by molar-refractivity contribution is 5.84. The van der Waals surface area contributed by atoms with E-state index in [-0.39, 0.29) is 5.91 Å². The number of benzene rings is 1. The van der Waals surface area contributed by atoms with Crippen LogP contribution in [0.4, 0.5) is 0 Å². The molecule has 1 aromatic carbocycles. The summed E-state index contributed by atoms with van der Waals surface area (Å²) in [6.07, 6.45) is 9.74. The van der Waals surface area contributed by atoms with Crippen molar-refractivity contribution in [2.75, 3.05) is 0 Å². The Morgan fingerprint density at radius 3 is 2.68 bits per heavy atom. The third-order valence-electron chi connectivity index (χ3n) is 5.33. The second-order valence-electron chi connectivity index (χ2n) is 7.29. The van der Waals surface area contributed by atoms with E-state index in [0.29, 0.717) is 13.0 Å². The van der Waals surface area contributed by atoms with Gasteiger partial charge in [-0.15, -0.1) is 0 Å². The number of aryl methyl sites for hydroxylation is 2. The minimum atomic E-state index is 0.118. The summed E-state index contributed by atoms with van der Waals surface area (Å²) in [4.78, 5) is 16.6. The fourth-order valence-electron chi connectivity index (χ4n) is 3.88. The summed E-state index contributed by atoms with van der Waals surface area (Å²) in [5.74, 6) is 0.118. The number of nitrogens with one attached hydrogen (secondary N) is 1. The van der Waals surface area contributed by atoms with Crippen LogP contribution in [0.1, 0.15) is 56.4 Å². The van der Waals surface area contributed by atoms with Gasteiger partial charge >= 0.3 is 0 Å². The van der Waals surface area contributed by atoms with Crippen molar-refractivity contribution in [3.05, 3.63) is 65.6 Å². The van der Waals surface area contributed by atoms with Gasteiger partial charge in [-0.2, -0.15) is 0 Å². The molecule has 1 N–H and O–H groups in total. The van der Waals surface area contributed by atoms with Crippen LogP contribution >= 0.6 is 0 Å². The zero-order chi connectivity index (χ0) is 19.8. The molecular formula is C24H31N3O. The highest BCUT2D eigenvalue weighted by Crippen LogP contribution is 2.28. The van der Waals surface area contributed by atoms with Crippen LogP contribution in [0.15, 0.2) is 48.8 Å². The van der Waals surface area contributed by atoms with Crippen LogP contribution in [-0.2, 0) is 30.7 Å². The summed E-state index contributed by atoms with van der Waals surface area (Å²) in [5, 5.41) is 4.30. The Kier molecular flexibility index (Phi) is 7.24. The van der Waals surface area contributed by atoms with Gasteiger partial charge in [-0.3, -0.25) is 9.78 Å². The number of rotatable bonds is 10. The average Bonchev–Trinajstić information content (AvgIpc) is 3.04. The summed E-state index contributed by atoms with van der Waals surface area (Å²) in [7, 11) is 0. The maximum absolute atomic E-state index is 12.3. The van der Waals surface area contributed by atoms with Crippen LogP contribution in [0.2, 0.25) is 0 Å². The number of unbranched alkanes of at least 4 members (excludes halogenated alkanes) is 1. The van der Waals surface area contributed by atoms with Gasteiger partial charge in [0.2, 0.25) is 5.91 Å². The van der Waals surface area contributed by atoms with Gasteiger partial charge in [0.1, 0.15) is 0 Å². The Labute approximate surface area is 168 Å². The smallest absolute Gasteiger partial charge is 0.220 e. The van der Waals surface area contributed by atoms with Crippen molar-refractivity contribution < 1.29 is 4.79 Å². The molecule has 28 heavy (non-hydrogen) atoms. The van der Waals surface area contributed by atoms with Crippen LogP contribution in [-0.4, -0.2) is 15.5 Å². The quantitative estimate of drug-likeness (QED) is 0.538. The molecule has 0 aliphatic carbocycles. The predicted molar refractivity (Wildman–Crippen MR) is 115 cm³/mol. The highest BCUT2D eigenvalue weighted by atomic mass is 16.1. The first-order valence-corrected chi connectivity index (χ1v) is 10.5. The van der Waals surface area contributed by atoms with Crippen molar-refractivity contribution in [2.24, 2.45) is 0 Å². The molecule has 0 radical (unpaired) electrons. The summed E-state index contributed by atoms with van der Waals surface area (Å²) >= 11 is 0. The maximum atomic E-state index is 12.3. The van der Waals surface area contributed by atoms with Crippen molar-refractivity contribution in [1.82, 2.24) is 14.9 Å². The Balaban J connectivity index is 1.65. The van der Waals surface area contributed by atoms with Crippen LogP contribution in [0, 0.1) is 0 Å². The molecule has 0 aliphatic rings. The number of hydrogen-bond donors (Lipinski definition) is 1. The number of carbonyl (C=O) groups is 1. The second kappa shape index (κ2) is 10.1. The first-order valence-electron chi connectivity index (χ1n) is 10.5. The molecule has 0 saturated carbocycles. The van der Waals surface area contributed by atoms with E-state index in [1.165, 1.54) is 35.0 Å². The fourth-order valence-corrected chi connectivity index (χ4v) is 3.88. The monoisotopic (exact) mass is 377 g/mol. The van der Waals surface area contributed by atoms with Crippen LogP contribution < -0.4 is 5.32 Å². The summed E-state index contributed by atoms with van der Waals surface area (Å²) < 4.78 is 2.43. The molecule has 0 bridgehead atoms. The SMILES string of the molecule is CCCCc1c(CC)c2cnccc2n1CCCC(=O)NCc1ccccc1. The molecule has 3 rings (SSSR count). The second-order valence-corrected chi connectivity index (χ2v) is 7.29. The Morgan fingerprint density at radius 2 is 1.93 bits per heavy atom. The number of amides is 1. The van der Waals surface area contributed by atoms with E-state index < -0.39 is 0 Å². The molecule has 0 atom stereocenters. The number of hydrogen-bond acceptors (Lipinski definition) is 2. The van der Waals surface area contributed by atoms with Crippen molar-refractivity contribution in [3.8, 4) is 0 Å². The molecule has 0 aliphatic heterocycles. The van der Waals surface area contributed by atoms with E-state index in [4.69, 9.17) is 0 Å². The molecule has 0 saturated heterocycles. The lowest BCUT2D eigenvalue weighted by Crippen LogP contribution is -2.22. The van der Waals surface area contributed by atoms with Gasteiger partial charge in [0.05, 0.1) is 5.52 Å². The van der Waals surface area contributed by atoms with E-state index in [1.807, 2.05) is 42.7 Å². The van der Waals surface area contributed by atoms with Gasteiger partial charge in [0.15, 0.2) is 0 Å². The average molecular weight is 378 g/mol. The van der Waals surface area contributed by atoms with Crippen molar-refractivity contribution in [1.29, 1.82) is 0 Å². The summed E-state index contributed by atoms with van der Waals surface area (Å²) in [5.41, 5.74) is 5.24. The first-order chi connectivity index (χ1) is 13.7. The molecule has 148 valence electrons. The molecule has 4 nitrogen and oxygen atoms in total. The predicted octanol–water partition coefficient (Wildman–Crippen LogP) is 5.04. The molecule has 1 amide bonds. The number of nitrogens with zero attached hydrogens (tertiary/aromatic N) is 2. The Bertz CT molecular complexity index is 899.